The number of aromatic nitrogens is 2. The lowest BCUT2D eigenvalue weighted by Crippen LogP contribution is -2.29. The van der Waals surface area contributed by atoms with Crippen molar-refractivity contribution in [2.75, 3.05) is 21.6 Å². The topological polar surface area (TPSA) is 92.3 Å². The van der Waals surface area contributed by atoms with Crippen molar-refractivity contribution < 1.29 is 13.2 Å². The summed E-state index contributed by atoms with van der Waals surface area (Å²) in [4.78, 5) is 12.5. The molecular formula is C21H22N4O3S3. The molecule has 0 aliphatic rings. The summed E-state index contributed by atoms with van der Waals surface area (Å²) in [5, 5.41) is 11.1. The molecule has 3 aromatic rings. The molecule has 1 N–H and O–H groups in total. The summed E-state index contributed by atoms with van der Waals surface area (Å²) in [6.45, 7) is 5.84. The van der Waals surface area contributed by atoms with E-state index in [1.54, 1.807) is 30.3 Å². The Hall–Kier alpha value is -2.69. The van der Waals surface area contributed by atoms with Gasteiger partial charge < -0.3 is 0 Å². The van der Waals surface area contributed by atoms with Crippen LogP contribution in [0.1, 0.15) is 21.5 Å². The van der Waals surface area contributed by atoms with Gasteiger partial charge in [-0.1, -0.05) is 59.0 Å². The van der Waals surface area contributed by atoms with E-state index in [4.69, 9.17) is 0 Å². The number of anilines is 2. The van der Waals surface area contributed by atoms with Gasteiger partial charge in [0.1, 0.15) is 0 Å². The number of amides is 1. The number of aryl methyl sites for hydroxylation is 1. The lowest BCUT2D eigenvalue weighted by molar-refractivity contribution is 0.102. The molecule has 0 atom stereocenters. The second-order valence-electron chi connectivity index (χ2n) is 6.73. The molecule has 162 valence electrons. The summed E-state index contributed by atoms with van der Waals surface area (Å²) >= 11 is 2.77. The first-order valence-corrected chi connectivity index (χ1v) is 12.9. The maximum Gasteiger partial charge on any atom is 0.257 e. The zero-order valence-electron chi connectivity index (χ0n) is 17.1. The maximum atomic E-state index is 12.5. The highest BCUT2D eigenvalue weighted by atomic mass is 32.2. The average Bonchev–Trinajstić information content (AvgIpc) is 3.18. The summed E-state index contributed by atoms with van der Waals surface area (Å²) in [5.41, 5.74) is 2.85. The first-order chi connectivity index (χ1) is 14.8. The number of sulfonamides is 1. The molecule has 0 saturated heterocycles. The number of hydrogen-bond donors (Lipinski definition) is 1. The predicted molar refractivity (Wildman–Crippen MR) is 127 cm³/mol. The fourth-order valence-electron chi connectivity index (χ4n) is 2.66. The highest BCUT2D eigenvalue weighted by Gasteiger charge is 2.19. The van der Waals surface area contributed by atoms with Crippen LogP contribution in [0.15, 0.2) is 65.5 Å². The van der Waals surface area contributed by atoms with E-state index in [1.807, 2.05) is 31.2 Å². The minimum absolute atomic E-state index is 0.209. The van der Waals surface area contributed by atoms with Crippen LogP contribution in [0.2, 0.25) is 0 Å². The number of carbonyl (C=O) groups is 1. The first-order valence-electron chi connectivity index (χ1n) is 9.28. The number of rotatable bonds is 9. The largest absolute Gasteiger partial charge is 0.296 e. The maximum absolute atomic E-state index is 12.5. The van der Waals surface area contributed by atoms with Gasteiger partial charge in [-0.3, -0.25) is 14.4 Å². The third-order valence-corrected chi connectivity index (χ3v) is 7.32. The molecule has 0 aliphatic carbocycles. The third-order valence-electron chi connectivity index (χ3n) is 4.22. The van der Waals surface area contributed by atoms with Gasteiger partial charge in [-0.05, 0) is 36.8 Å². The standard InChI is InChI=1S/C21H22N4O3S3/c1-4-13-29-21-24-23-20(30-21)22-19(26)17-9-11-18(12-10-17)25(31(3,27)28)14-16-7-5-15(2)6-8-16/h4-12H,1,13-14H2,2-3H3,(H,22,23,26). The van der Waals surface area contributed by atoms with Crippen LogP contribution in [0.4, 0.5) is 10.8 Å². The fraction of sp³-hybridized carbons (Fsp3) is 0.190. The van der Waals surface area contributed by atoms with Crippen molar-refractivity contribution in [1.29, 1.82) is 0 Å². The molecule has 7 nitrogen and oxygen atoms in total. The summed E-state index contributed by atoms with van der Waals surface area (Å²) in [5.74, 6) is 0.371. The second-order valence-corrected chi connectivity index (χ2v) is 10.9. The van der Waals surface area contributed by atoms with Crippen LogP contribution >= 0.6 is 23.1 Å². The minimum atomic E-state index is -3.51. The van der Waals surface area contributed by atoms with Crippen LogP contribution in [-0.2, 0) is 16.6 Å². The molecule has 3 rings (SSSR count). The fourth-order valence-corrected chi connectivity index (χ4v) is 5.05. The summed E-state index contributed by atoms with van der Waals surface area (Å²) < 4.78 is 26.8. The molecule has 0 spiro atoms. The lowest BCUT2D eigenvalue weighted by Gasteiger charge is -2.23. The Labute approximate surface area is 190 Å². The molecule has 2 aromatic carbocycles. The SMILES string of the molecule is C=CCSc1nnc(NC(=O)c2ccc(N(Cc3ccc(C)cc3)S(C)(=O)=O)cc2)s1. The molecule has 1 heterocycles. The van der Waals surface area contributed by atoms with Crippen molar-refractivity contribution in [2.24, 2.45) is 0 Å². The summed E-state index contributed by atoms with van der Waals surface area (Å²) in [6.07, 6.45) is 2.93. The van der Waals surface area contributed by atoms with Crippen LogP contribution in [0.5, 0.6) is 0 Å². The summed E-state index contributed by atoms with van der Waals surface area (Å²) in [7, 11) is -3.51. The smallest absolute Gasteiger partial charge is 0.257 e. The van der Waals surface area contributed by atoms with Gasteiger partial charge in [0.25, 0.3) is 5.91 Å². The van der Waals surface area contributed by atoms with E-state index >= 15 is 0 Å². The van der Waals surface area contributed by atoms with E-state index in [0.717, 1.165) is 15.5 Å². The third kappa shape index (κ3) is 6.39. The number of benzene rings is 2. The zero-order valence-corrected chi connectivity index (χ0v) is 19.6. The highest BCUT2D eigenvalue weighted by Crippen LogP contribution is 2.26. The van der Waals surface area contributed by atoms with Crippen molar-refractivity contribution in [3.63, 3.8) is 0 Å². The first kappa shape index (κ1) is 23.0. The van der Waals surface area contributed by atoms with Crippen molar-refractivity contribution in [3.8, 4) is 0 Å². The van der Waals surface area contributed by atoms with Gasteiger partial charge in [0, 0.05) is 11.3 Å². The van der Waals surface area contributed by atoms with E-state index in [0.29, 0.717) is 22.1 Å². The lowest BCUT2D eigenvalue weighted by atomic mass is 10.1. The Morgan fingerprint density at radius 1 is 1.16 bits per heavy atom. The molecule has 0 fully saturated rings. The monoisotopic (exact) mass is 474 g/mol. The van der Waals surface area contributed by atoms with Crippen molar-refractivity contribution >= 4 is 49.8 Å². The average molecular weight is 475 g/mol. The van der Waals surface area contributed by atoms with Crippen molar-refractivity contribution in [2.45, 2.75) is 17.8 Å². The quantitative estimate of drug-likeness (QED) is 0.282. The van der Waals surface area contributed by atoms with Crippen LogP contribution in [0.25, 0.3) is 0 Å². The van der Waals surface area contributed by atoms with E-state index in [9.17, 15) is 13.2 Å². The van der Waals surface area contributed by atoms with Gasteiger partial charge in [-0.15, -0.1) is 16.8 Å². The highest BCUT2D eigenvalue weighted by molar-refractivity contribution is 8.01. The predicted octanol–water partition coefficient (Wildman–Crippen LogP) is 4.34. The van der Waals surface area contributed by atoms with Gasteiger partial charge in [-0.2, -0.15) is 0 Å². The normalized spacial score (nSPS) is 11.2. The molecule has 0 saturated carbocycles. The van der Waals surface area contributed by atoms with Crippen LogP contribution in [0.3, 0.4) is 0 Å². The molecule has 10 heteroatoms. The second kappa shape index (κ2) is 10.1. The zero-order chi connectivity index (χ0) is 22.4. The summed E-state index contributed by atoms with van der Waals surface area (Å²) in [6, 6.07) is 14.1. The Kier molecular flexibility index (Phi) is 7.47. The van der Waals surface area contributed by atoms with E-state index in [-0.39, 0.29) is 12.5 Å². The minimum Gasteiger partial charge on any atom is -0.296 e. The van der Waals surface area contributed by atoms with Gasteiger partial charge in [-0.25, -0.2) is 8.42 Å². The number of carbonyl (C=O) groups excluding carboxylic acids is 1. The molecular weight excluding hydrogens is 452 g/mol. The molecule has 0 unspecified atom stereocenters. The van der Waals surface area contributed by atoms with E-state index in [1.165, 1.54) is 33.7 Å². The van der Waals surface area contributed by atoms with Crippen LogP contribution < -0.4 is 9.62 Å². The number of nitrogens with zero attached hydrogens (tertiary/aromatic N) is 3. The molecule has 1 amide bonds. The number of nitrogens with one attached hydrogen (secondary N) is 1. The molecule has 0 bridgehead atoms. The molecule has 0 radical (unpaired) electrons. The molecule has 31 heavy (non-hydrogen) atoms. The van der Waals surface area contributed by atoms with Gasteiger partial charge in [0.15, 0.2) is 4.34 Å². The Morgan fingerprint density at radius 3 is 2.45 bits per heavy atom. The number of hydrogen-bond acceptors (Lipinski definition) is 7. The van der Waals surface area contributed by atoms with Gasteiger partial charge >= 0.3 is 0 Å². The Balaban J connectivity index is 1.73. The van der Waals surface area contributed by atoms with Crippen molar-refractivity contribution in [1.82, 2.24) is 10.2 Å². The van der Waals surface area contributed by atoms with Crippen molar-refractivity contribution in [3.05, 3.63) is 77.9 Å². The van der Waals surface area contributed by atoms with E-state index in [2.05, 4.69) is 22.1 Å². The van der Waals surface area contributed by atoms with Crippen LogP contribution in [0, 0.1) is 6.92 Å². The van der Waals surface area contributed by atoms with Gasteiger partial charge in [0.05, 0.1) is 18.5 Å². The Morgan fingerprint density at radius 2 is 1.84 bits per heavy atom. The Bertz CT molecular complexity index is 1160. The van der Waals surface area contributed by atoms with E-state index < -0.39 is 10.0 Å². The molecule has 0 aliphatic heterocycles. The molecule has 1 aromatic heterocycles. The van der Waals surface area contributed by atoms with Crippen LogP contribution in [-0.4, -0.2) is 36.5 Å². The van der Waals surface area contributed by atoms with Gasteiger partial charge in [0.2, 0.25) is 15.2 Å². The number of thioether (sulfide) groups is 1.